The van der Waals surface area contributed by atoms with Gasteiger partial charge in [-0.15, -0.1) is 0 Å². The van der Waals surface area contributed by atoms with E-state index in [1.165, 1.54) is 0 Å². The summed E-state index contributed by atoms with van der Waals surface area (Å²) in [5, 5.41) is 8.44. The molecule has 11 heteroatoms. The molecule has 0 aliphatic heterocycles. The minimum Gasteiger partial charge on any atom is -0.481 e. The maximum absolute atomic E-state index is 10.3. The molecule has 0 aromatic rings. The predicted molar refractivity (Wildman–Crippen MR) is 108 cm³/mol. The lowest BCUT2D eigenvalue weighted by atomic mass is 10.5. The summed E-state index contributed by atoms with van der Waals surface area (Å²) in [6.45, 7) is 8.14. The summed E-state index contributed by atoms with van der Waals surface area (Å²) in [4.78, 5) is 10.3. The molecule has 0 rings (SSSR count). The van der Waals surface area contributed by atoms with E-state index in [9.17, 15) is 4.79 Å². The largest absolute Gasteiger partial charge is 0.481 e. The zero-order valence-electron chi connectivity index (χ0n) is 17.9. The Bertz CT molecular complexity index is 349. The van der Waals surface area contributed by atoms with Crippen molar-refractivity contribution in [1.82, 2.24) is 0 Å². The molecule has 0 aromatic carbocycles. The molecule has 0 atom stereocenters. The van der Waals surface area contributed by atoms with E-state index in [-0.39, 0.29) is 13.0 Å². The average Bonchev–Trinajstić information content (AvgIpc) is 2.73. The maximum atomic E-state index is 10.3. The second-order valence-corrected chi connectivity index (χ2v) is 5.83. The van der Waals surface area contributed by atoms with Crippen LogP contribution in [-0.2, 0) is 42.7 Å². The third kappa shape index (κ3) is 27.1. The molecule has 3 N–H and O–H groups in total. The summed E-state index contributed by atoms with van der Waals surface area (Å²) < 4.78 is 42.4. The molecule has 0 heterocycles. The van der Waals surface area contributed by atoms with Gasteiger partial charge < -0.3 is 48.7 Å². The van der Waals surface area contributed by atoms with Crippen LogP contribution in [-0.4, -0.2) is 123 Å². The van der Waals surface area contributed by atoms with Gasteiger partial charge in [-0.25, -0.2) is 0 Å². The SMILES string of the molecule is NCCOCCOCCOCCOCCOCCOCCOCCOCCC(=O)O. The molecule has 30 heavy (non-hydrogen) atoms. The Morgan fingerprint density at radius 1 is 0.467 bits per heavy atom. The average molecular weight is 442 g/mol. The third-order valence-electron chi connectivity index (χ3n) is 3.33. The second kappa shape index (κ2) is 26.1. The molecule has 0 spiro atoms. The Kier molecular flexibility index (Phi) is 25.4. The van der Waals surface area contributed by atoms with Gasteiger partial charge in [0.1, 0.15) is 0 Å². The monoisotopic (exact) mass is 441 g/mol. The second-order valence-electron chi connectivity index (χ2n) is 5.83. The fraction of sp³-hybridized carbons (Fsp3) is 0.947. The van der Waals surface area contributed by atoms with E-state index < -0.39 is 5.97 Å². The summed E-state index contributed by atoms with van der Waals surface area (Å²) in [6.07, 6.45) is 0.00437. The van der Waals surface area contributed by atoms with E-state index in [0.29, 0.717) is 106 Å². The molecule has 0 bridgehead atoms. The lowest BCUT2D eigenvalue weighted by Crippen LogP contribution is -2.15. The zero-order chi connectivity index (χ0) is 22.0. The number of carbonyl (C=O) groups is 1. The molecule has 0 radical (unpaired) electrons. The van der Waals surface area contributed by atoms with Crippen LogP contribution in [0.5, 0.6) is 0 Å². The highest BCUT2D eigenvalue weighted by atomic mass is 16.6. The molecule has 11 nitrogen and oxygen atoms in total. The first-order chi connectivity index (χ1) is 14.8. The Morgan fingerprint density at radius 3 is 0.933 bits per heavy atom. The predicted octanol–water partition coefficient (Wildman–Crippen LogP) is -0.447. The van der Waals surface area contributed by atoms with Crippen molar-refractivity contribution < 1.29 is 47.8 Å². The van der Waals surface area contributed by atoms with Crippen molar-refractivity contribution in [3.05, 3.63) is 0 Å². The van der Waals surface area contributed by atoms with Gasteiger partial charge >= 0.3 is 5.97 Å². The molecular weight excluding hydrogens is 402 g/mol. The van der Waals surface area contributed by atoms with Crippen LogP contribution in [0.2, 0.25) is 0 Å². The first-order valence-electron chi connectivity index (χ1n) is 10.3. The summed E-state index contributed by atoms with van der Waals surface area (Å²) in [5.74, 6) is -0.870. The van der Waals surface area contributed by atoms with Crippen molar-refractivity contribution in [2.45, 2.75) is 6.42 Å². The van der Waals surface area contributed by atoms with Crippen LogP contribution >= 0.6 is 0 Å². The van der Waals surface area contributed by atoms with Gasteiger partial charge in [-0.1, -0.05) is 0 Å². The van der Waals surface area contributed by atoms with E-state index in [0.717, 1.165) is 0 Å². The topological polar surface area (TPSA) is 137 Å². The van der Waals surface area contributed by atoms with Crippen LogP contribution < -0.4 is 5.73 Å². The number of rotatable bonds is 26. The lowest BCUT2D eigenvalue weighted by Gasteiger charge is -2.08. The quantitative estimate of drug-likeness (QED) is 0.169. The van der Waals surface area contributed by atoms with Gasteiger partial charge in [0.25, 0.3) is 0 Å². The third-order valence-corrected chi connectivity index (χ3v) is 3.33. The summed E-state index contributed by atoms with van der Waals surface area (Å²) in [5.41, 5.74) is 5.30. The highest BCUT2D eigenvalue weighted by Crippen LogP contribution is 1.86. The van der Waals surface area contributed by atoms with Crippen molar-refractivity contribution in [3.8, 4) is 0 Å². The van der Waals surface area contributed by atoms with Crippen LogP contribution in [0.15, 0.2) is 0 Å². The van der Waals surface area contributed by atoms with Gasteiger partial charge in [-0.05, 0) is 0 Å². The number of ether oxygens (including phenoxy) is 8. The van der Waals surface area contributed by atoms with Crippen molar-refractivity contribution >= 4 is 5.97 Å². The first-order valence-corrected chi connectivity index (χ1v) is 10.3. The minimum atomic E-state index is -0.870. The summed E-state index contributed by atoms with van der Waals surface area (Å²) in [6, 6.07) is 0. The number of aliphatic carboxylic acids is 1. The molecule has 0 amide bonds. The van der Waals surface area contributed by atoms with Crippen LogP contribution in [0.25, 0.3) is 0 Å². The number of carboxylic acids is 1. The Hall–Kier alpha value is -0.890. The Morgan fingerprint density at radius 2 is 0.700 bits per heavy atom. The fourth-order valence-electron chi connectivity index (χ4n) is 1.88. The lowest BCUT2D eigenvalue weighted by molar-refractivity contribution is -0.138. The standard InChI is InChI=1S/C19H39NO10/c20-2-4-24-6-8-26-10-12-28-14-16-30-18-17-29-15-13-27-11-9-25-7-5-23-3-1-19(21)22/h1-18,20H2,(H,21,22). The van der Waals surface area contributed by atoms with Crippen molar-refractivity contribution in [2.24, 2.45) is 5.73 Å². The molecule has 0 unspecified atom stereocenters. The summed E-state index contributed by atoms with van der Waals surface area (Å²) >= 11 is 0. The number of nitrogens with two attached hydrogens (primary N) is 1. The fourth-order valence-corrected chi connectivity index (χ4v) is 1.88. The molecular formula is C19H39NO10. The smallest absolute Gasteiger partial charge is 0.305 e. The van der Waals surface area contributed by atoms with Gasteiger partial charge in [0.05, 0.1) is 112 Å². The van der Waals surface area contributed by atoms with Gasteiger partial charge in [0, 0.05) is 6.54 Å². The van der Waals surface area contributed by atoms with Gasteiger partial charge in [0.2, 0.25) is 0 Å². The Balaban J connectivity index is 2.99. The molecule has 0 aliphatic rings. The van der Waals surface area contributed by atoms with Crippen LogP contribution in [0, 0.1) is 0 Å². The van der Waals surface area contributed by atoms with Crippen molar-refractivity contribution in [2.75, 3.05) is 112 Å². The van der Waals surface area contributed by atoms with Crippen molar-refractivity contribution in [1.29, 1.82) is 0 Å². The zero-order valence-corrected chi connectivity index (χ0v) is 17.9. The normalized spacial score (nSPS) is 11.2. The van der Waals surface area contributed by atoms with Crippen LogP contribution in [0.4, 0.5) is 0 Å². The van der Waals surface area contributed by atoms with Crippen LogP contribution in [0.1, 0.15) is 6.42 Å². The van der Waals surface area contributed by atoms with Gasteiger partial charge in [-0.3, -0.25) is 4.79 Å². The number of carboxylic acid groups (broad SMARTS) is 1. The number of hydrogen-bond acceptors (Lipinski definition) is 10. The van der Waals surface area contributed by atoms with Crippen LogP contribution in [0.3, 0.4) is 0 Å². The van der Waals surface area contributed by atoms with E-state index in [2.05, 4.69) is 0 Å². The maximum Gasteiger partial charge on any atom is 0.305 e. The van der Waals surface area contributed by atoms with E-state index in [1.54, 1.807) is 0 Å². The molecule has 0 saturated heterocycles. The summed E-state index contributed by atoms with van der Waals surface area (Å²) in [7, 11) is 0. The molecule has 0 saturated carbocycles. The first kappa shape index (κ1) is 29.1. The van der Waals surface area contributed by atoms with E-state index in [1.807, 2.05) is 0 Å². The number of hydrogen-bond donors (Lipinski definition) is 2. The van der Waals surface area contributed by atoms with Crippen molar-refractivity contribution in [3.63, 3.8) is 0 Å². The minimum absolute atomic E-state index is 0.00437. The highest BCUT2D eigenvalue weighted by molar-refractivity contribution is 5.66. The molecule has 0 fully saturated rings. The molecule has 0 aliphatic carbocycles. The van der Waals surface area contributed by atoms with Gasteiger partial charge in [0.15, 0.2) is 0 Å². The van der Waals surface area contributed by atoms with E-state index >= 15 is 0 Å². The highest BCUT2D eigenvalue weighted by Gasteiger charge is 1.97. The molecule has 0 aromatic heterocycles. The van der Waals surface area contributed by atoms with E-state index in [4.69, 9.17) is 48.7 Å². The Labute approximate surface area is 179 Å². The van der Waals surface area contributed by atoms with Gasteiger partial charge in [-0.2, -0.15) is 0 Å². The molecule has 180 valence electrons.